The van der Waals surface area contributed by atoms with E-state index < -0.39 is 0 Å². The monoisotopic (exact) mass is 391 g/mol. The molecule has 0 atom stereocenters. The maximum absolute atomic E-state index is 6.22. The Kier molecular flexibility index (Phi) is 5.74. The number of hydrogen-bond acceptors (Lipinski definition) is 2. The fourth-order valence-electron chi connectivity index (χ4n) is 2.50. The third kappa shape index (κ3) is 4.60. The van der Waals surface area contributed by atoms with Gasteiger partial charge in [0.1, 0.15) is 5.75 Å². The molecule has 5 heteroatoms. The van der Waals surface area contributed by atoms with Crippen molar-refractivity contribution >= 4 is 40.5 Å². The van der Waals surface area contributed by atoms with Crippen LogP contribution in [0.3, 0.4) is 0 Å². The highest BCUT2D eigenvalue weighted by Gasteiger charge is 2.13. The van der Waals surface area contributed by atoms with Crippen molar-refractivity contribution in [1.29, 1.82) is 0 Å². The molecule has 0 saturated heterocycles. The fourth-order valence-corrected chi connectivity index (χ4v) is 3.11. The van der Waals surface area contributed by atoms with Gasteiger partial charge in [0.05, 0.1) is 10.7 Å². The van der Waals surface area contributed by atoms with Crippen LogP contribution in [0.4, 0.5) is 5.69 Å². The van der Waals surface area contributed by atoms with E-state index in [0.717, 1.165) is 12.2 Å². The second kappa shape index (κ2) is 8.01. The maximum Gasteiger partial charge on any atom is 0.152 e. The maximum atomic E-state index is 6.22. The van der Waals surface area contributed by atoms with Crippen molar-refractivity contribution in [3.05, 3.63) is 87.4 Å². The number of rotatable bonds is 5. The molecule has 2 nitrogen and oxygen atoms in total. The molecule has 128 valence electrons. The van der Waals surface area contributed by atoms with Crippen LogP contribution in [-0.4, -0.2) is 7.05 Å². The predicted molar refractivity (Wildman–Crippen MR) is 107 cm³/mol. The largest absolute Gasteiger partial charge is 0.454 e. The molecule has 0 N–H and O–H groups in total. The van der Waals surface area contributed by atoms with Gasteiger partial charge in [-0.25, -0.2) is 0 Å². The molecule has 0 aliphatic rings. The zero-order valence-corrected chi connectivity index (χ0v) is 15.8. The first-order valence-electron chi connectivity index (χ1n) is 7.70. The van der Waals surface area contributed by atoms with Gasteiger partial charge >= 0.3 is 0 Å². The lowest BCUT2D eigenvalue weighted by atomic mass is 10.2. The van der Waals surface area contributed by atoms with Gasteiger partial charge in [-0.3, -0.25) is 0 Å². The number of ether oxygens (including phenoxy) is 1. The van der Waals surface area contributed by atoms with Crippen molar-refractivity contribution in [2.75, 3.05) is 11.9 Å². The molecule has 0 radical (unpaired) electrons. The molecule has 0 amide bonds. The summed E-state index contributed by atoms with van der Waals surface area (Å²) in [5.41, 5.74) is 2.12. The molecule has 0 spiro atoms. The zero-order valence-electron chi connectivity index (χ0n) is 13.5. The van der Waals surface area contributed by atoms with E-state index >= 15 is 0 Å². The molecule has 3 aromatic rings. The van der Waals surface area contributed by atoms with Crippen LogP contribution in [-0.2, 0) is 6.54 Å². The van der Waals surface area contributed by atoms with Crippen LogP contribution in [0.15, 0.2) is 66.7 Å². The molecule has 3 aromatic carbocycles. The van der Waals surface area contributed by atoms with Gasteiger partial charge in [-0.1, -0.05) is 65.1 Å². The highest BCUT2D eigenvalue weighted by molar-refractivity contribution is 6.35. The van der Waals surface area contributed by atoms with Crippen molar-refractivity contribution in [2.45, 2.75) is 6.54 Å². The van der Waals surface area contributed by atoms with Crippen LogP contribution in [0, 0.1) is 0 Å². The minimum Gasteiger partial charge on any atom is -0.454 e. The lowest BCUT2D eigenvalue weighted by Gasteiger charge is -2.23. The van der Waals surface area contributed by atoms with Gasteiger partial charge in [0.2, 0.25) is 0 Å². The van der Waals surface area contributed by atoms with Gasteiger partial charge in [-0.15, -0.1) is 0 Å². The van der Waals surface area contributed by atoms with Crippen LogP contribution in [0.25, 0.3) is 0 Å². The summed E-state index contributed by atoms with van der Waals surface area (Å²) in [7, 11) is 2.01. The van der Waals surface area contributed by atoms with Crippen LogP contribution in [0.5, 0.6) is 11.5 Å². The Balaban J connectivity index is 1.89. The molecule has 0 aliphatic heterocycles. The summed E-state index contributed by atoms with van der Waals surface area (Å²) < 4.78 is 6.02. The number of anilines is 1. The number of halogens is 3. The first kappa shape index (κ1) is 17.9. The van der Waals surface area contributed by atoms with Gasteiger partial charge in [0, 0.05) is 29.7 Å². The van der Waals surface area contributed by atoms with Crippen LogP contribution < -0.4 is 9.64 Å². The third-order valence-corrected chi connectivity index (χ3v) is 4.48. The van der Waals surface area contributed by atoms with Gasteiger partial charge in [-0.05, 0) is 35.9 Å². The van der Waals surface area contributed by atoms with Crippen LogP contribution in [0.1, 0.15) is 5.56 Å². The Hall–Kier alpha value is -1.87. The molecule has 0 aromatic heterocycles. The highest BCUT2D eigenvalue weighted by Crippen LogP contribution is 2.38. The van der Waals surface area contributed by atoms with Crippen LogP contribution in [0.2, 0.25) is 15.1 Å². The normalized spacial score (nSPS) is 10.6. The summed E-state index contributed by atoms with van der Waals surface area (Å²) in [6, 6.07) is 20.9. The Bertz CT molecular complexity index is 868. The van der Waals surface area contributed by atoms with Crippen molar-refractivity contribution in [3.63, 3.8) is 0 Å². The average molecular weight is 393 g/mol. The topological polar surface area (TPSA) is 12.5 Å². The summed E-state index contributed by atoms with van der Waals surface area (Å²) >= 11 is 18.3. The summed E-state index contributed by atoms with van der Waals surface area (Å²) in [5.74, 6) is 1.16. The number of nitrogens with zero attached hydrogens (tertiary/aromatic N) is 1. The first-order valence-corrected chi connectivity index (χ1v) is 8.84. The van der Waals surface area contributed by atoms with Crippen molar-refractivity contribution < 1.29 is 4.74 Å². The Morgan fingerprint density at radius 2 is 1.48 bits per heavy atom. The second-order valence-corrected chi connectivity index (χ2v) is 6.91. The van der Waals surface area contributed by atoms with E-state index in [9.17, 15) is 0 Å². The second-order valence-electron chi connectivity index (χ2n) is 5.63. The lowest BCUT2D eigenvalue weighted by molar-refractivity contribution is 0.482. The van der Waals surface area contributed by atoms with Crippen LogP contribution >= 0.6 is 34.8 Å². The van der Waals surface area contributed by atoms with Gasteiger partial charge in [0.15, 0.2) is 5.75 Å². The molecular formula is C20H16Cl3NO. The number of benzene rings is 3. The van der Waals surface area contributed by atoms with E-state index in [2.05, 4.69) is 17.0 Å². The molecule has 0 fully saturated rings. The predicted octanol–water partition coefficient (Wildman–Crippen LogP) is 7.08. The molecule has 0 heterocycles. The molecule has 0 saturated carbocycles. The molecule has 3 rings (SSSR count). The van der Waals surface area contributed by atoms with E-state index in [4.69, 9.17) is 39.5 Å². The lowest BCUT2D eigenvalue weighted by Crippen LogP contribution is -2.17. The molecular weight excluding hydrogens is 377 g/mol. The molecule has 25 heavy (non-hydrogen) atoms. The third-order valence-electron chi connectivity index (χ3n) is 3.71. The van der Waals surface area contributed by atoms with E-state index in [1.165, 1.54) is 5.56 Å². The molecule has 0 aliphatic carbocycles. The average Bonchev–Trinajstić information content (AvgIpc) is 2.58. The molecule has 0 unspecified atom stereocenters. The van der Waals surface area contributed by atoms with E-state index in [-0.39, 0.29) is 0 Å². The fraction of sp³-hybridized carbons (Fsp3) is 0.100. The van der Waals surface area contributed by atoms with Crippen molar-refractivity contribution in [1.82, 2.24) is 0 Å². The minimum absolute atomic E-state index is 0.448. The van der Waals surface area contributed by atoms with Gasteiger partial charge in [-0.2, -0.15) is 0 Å². The standard InChI is InChI=1S/C20H16Cl3NO/c1-24(13-14-5-3-2-4-6-14)18-9-7-16(22)12-20(18)25-19-10-8-15(21)11-17(19)23/h2-12H,13H2,1H3. The van der Waals surface area contributed by atoms with Crippen molar-refractivity contribution in [3.8, 4) is 11.5 Å². The van der Waals surface area contributed by atoms with E-state index in [1.54, 1.807) is 24.3 Å². The summed E-state index contributed by atoms with van der Waals surface area (Å²) in [5, 5.41) is 1.60. The quantitative estimate of drug-likeness (QED) is 0.460. The highest BCUT2D eigenvalue weighted by atomic mass is 35.5. The SMILES string of the molecule is CN(Cc1ccccc1)c1ccc(Cl)cc1Oc1ccc(Cl)cc1Cl. The Labute approximate surface area is 162 Å². The zero-order chi connectivity index (χ0) is 17.8. The van der Waals surface area contributed by atoms with Gasteiger partial charge < -0.3 is 9.64 Å². The first-order chi connectivity index (χ1) is 12.0. The van der Waals surface area contributed by atoms with E-state index in [1.807, 2.05) is 37.4 Å². The minimum atomic E-state index is 0.448. The van der Waals surface area contributed by atoms with Gasteiger partial charge in [0.25, 0.3) is 0 Å². The summed E-state index contributed by atoms with van der Waals surface area (Å²) in [6.07, 6.45) is 0. The Morgan fingerprint density at radius 3 is 2.20 bits per heavy atom. The summed E-state index contributed by atoms with van der Waals surface area (Å²) in [6.45, 7) is 0.743. The van der Waals surface area contributed by atoms with E-state index in [0.29, 0.717) is 26.6 Å². The number of hydrogen-bond donors (Lipinski definition) is 0. The Morgan fingerprint density at radius 1 is 0.800 bits per heavy atom. The van der Waals surface area contributed by atoms with Crippen molar-refractivity contribution in [2.24, 2.45) is 0 Å². The summed E-state index contributed by atoms with van der Waals surface area (Å²) in [4.78, 5) is 2.10. The smallest absolute Gasteiger partial charge is 0.152 e. The molecule has 0 bridgehead atoms.